The SMILES string of the molecule is CC1CN(Nc2ccc(F)c(-c3cnc(N4CCOCC4)nc3)c2)CCN1C. The zero-order valence-electron chi connectivity index (χ0n) is 16.4. The number of piperazine rings is 1. The van der Waals surface area contributed by atoms with Crippen LogP contribution in [-0.2, 0) is 4.74 Å². The van der Waals surface area contributed by atoms with Gasteiger partial charge in [0.25, 0.3) is 0 Å². The van der Waals surface area contributed by atoms with Crippen LogP contribution in [0.3, 0.4) is 0 Å². The predicted molar refractivity (Wildman–Crippen MR) is 108 cm³/mol. The van der Waals surface area contributed by atoms with Crippen molar-refractivity contribution >= 4 is 11.6 Å². The van der Waals surface area contributed by atoms with E-state index in [2.05, 4.69) is 44.2 Å². The largest absolute Gasteiger partial charge is 0.378 e. The summed E-state index contributed by atoms with van der Waals surface area (Å²) in [4.78, 5) is 13.3. The molecule has 2 aliphatic heterocycles. The Hall–Kier alpha value is -2.29. The average molecular weight is 386 g/mol. The van der Waals surface area contributed by atoms with Gasteiger partial charge >= 0.3 is 0 Å². The Morgan fingerprint density at radius 2 is 1.86 bits per heavy atom. The lowest BCUT2D eigenvalue weighted by molar-refractivity contribution is 0.122. The molecule has 150 valence electrons. The van der Waals surface area contributed by atoms with Crippen LogP contribution in [0.5, 0.6) is 0 Å². The number of morpholine rings is 1. The number of hydrogen-bond donors (Lipinski definition) is 1. The van der Waals surface area contributed by atoms with E-state index in [1.54, 1.807) is 18.5 Å². The van der Waals surface area contributed by atoms with Crippen molar-refractivity contribution < 1.29 is 9.13 Å². The minimum atomic E-state index is -0.278. The molecule has 7 nitrogen and oxygen atoms in total. The highest BCUT2D eigenvalue weighted by molar-refractivity contribution is 5.67. The molecule has 1 N–H and O–H groups in total. The van der Waals surface area contributed by atoms with E-state index in [-0.39, 0.29) is 5.82 Å². The zero-order valence-corrected chi connectivity index (χ0v) is 16.4. The summed E-state index contributed by atoms with van der Waals surface area (Å²) in [7, 11) is 2.14. The molecule has 0 aliphatic carbocycles. The summed E-state index contributed by atoms with van der Waals surface area (Å²) in [6.45, 7) is 7.95. The van der Waals surface area contributed by atoms with E-state index in [0.717, 1.165) is 38.4 Å². The fourth-order valence-electron chi connectivity index (χ4n) is 3.54. The summed E-state index contributed by atoms with van der Waals surface area (Å²) in [6.07, 6.45) is 3.38. The Labute approximate surface area is 165 Å². The summed E-state index contributed by atoms with van der Waals surface area (Å²) in [5, 5.41) is 2.18. The van der Waals surface area contributed by atoms with Crippen molar-refractivity contribution in [3.8, 4) is 11.1 Å². The predicted octanol–water partition coefficient (Wildman–Crippen LogP) is 2.08. The molecule has 0 amide bonds. The Morgan fingerprint density at radius 3 is 2.57 bits per heavy atom. The molecular weight excluding hydrogens is 359 g/mol. The van der Waals surface area contributed by atoms with Crippen LogP contribution in [0.15, 0.2) is 30.6 Å². The van der Waals surface area contributed by atoms with E-state index in [0.29, 0.717) is 36.3 Å². The van der Waals surface area contributed by atoms with Gasteiger partial charge in [-0.3, -0.25) is 0 Å². The highest BCUT2D eigenvalue weighted by atomic mass is 19.1. The van der Waals surface area contributed by atoms with Crippen LogP contribution < -0.4 is 10.3 Å². The second-order valence-electron chi connectivity index (χ2n) is 7.45. The van der Waals surface area contributed by atoms with Crippen LogP contribution in [0.1, 0.15) is 6.92 Å². The number of aromatic nitrogens is 2. The normalized spacial score (nSPS) is 21.7. The van der Waals surface area contributed by atoms with Crippen LogP contribution in [0, 0.1) is 5.82 Å². The number of rotatable bonds is 4. The fraction of sp³-hybridized carbons (Fsp3) is 0.500. The highest BCUT2D eigenvalue weighted by Crippen LogP contribution is 2.26. The number of halogens is 1. The van der Waals surface area contributed by atoms with Gasteiger partial charge in [-0.15, -0.1) is 0 Å². The molecule has 0 radical (unpaired) electrons. The molecule has 4 rings (SSSR count). The third-order valence-electron chi connectivity index (χ3n) is 5.46. The van der Waals surface area contributed by atoms with Gasteiger partial charge in [-0.1, -0.05) is 0 Å². The summed E-state index contributed by atoms with van der Waals surface area (Å²) >= 11 is 0. The molecule has 3 heterocycles. The van der Waals surface area contributed by atoms with Crippen molar-refractivity contribution in [1.82, 2.24) is 19.9 Å². The molecule has 0 bridgehead atoms. The van der Waals surface area contributed by atoms with E-state index in [1.807, 2.05) is 6.07 Å². The number of hydrazine groups is 1. The van der Waals surface area contributed by atoms with Crippen molar-refractivity contribution in [3.63, 3.8) is 0 Å². The van der Waals surface area contributed by atoms with Gasteiger partial charge < -0.3 is 20.0 Å². The van der Waals surface area contributed by atoms with Crippen LogP contribution in [0.4, 0.5) is 16.0 Å². The second-order valence-corrected chi connectivity index (χ2v) is 7.45. The van der Waals surface area contributed by atoms with Gasteiger partial charge in [0, 0.05) is 68.0 Å². The van der Waals surface area contributed by atoms with Gasteiger partial charge in [0.2, 0.25) is 5.95 Å². The van der Waals surface area contributed by atoms with Gasteiger partial charge in [0.1, 0.15) is 5.82 Å². The molecule has 0 spiro atoms. The van der Waals surface area contributed by atoms with E-state index >= 15 is 0 Å². The van der Waals surface area contributed by atoms with Crippen molar-refractivity contribution in [3.05, 3.63) is 36.4 Å². The zero-order chi connectivity index (χ0) is 19.5. The van der Waals surface area contributed by atoms with Crippen LogP contribution in [0.2, 0.25) is 0 Å². The first-order chi connectivity index (χ1) is 13.6. The average Bonchev–Trinajstić information content (AvgIpc) is 2.73. The van der Waals surface area contributed by atoms with Crippen LogP contribution >= 0.6 is 0 Å². The number of nitrogens with zero attached hydrogens (tertiary/aromatic N) is 5. The van der Waals surface area contributed by atoms with Crippen molar-refractivity contribution in [2.24, 2.45) is 0 Å². The maximum atomic E-state index is 14.5. The Balaban J connectivity index is 1.49. The number of benzene rings is 1. The van der Waals surface area contributed by atoms with Crippen molar-refractivity contribution in [2.75, 3.05) is 63.3 Å². The molecule has 0 saturated carbocycles. The molecule has 1 atom stereocenters. The second kappa shape index (κ2) is 8.38. The number of ether oxygens (including phenoxy) is 1. The first-order valence-electron chi connectivity index (χ1n) is 9.76. The van der Waals surface area contributed by atoms with Gasteiger partial charge in [0.05, 0.1) is 13.2 Å². The summed E-state index contributed by atoms with van der Waals surface area (Å²) < 4.78 is 19.8. The lowest BCUT2D eigenvalue weighted by Crippen LogP contribution is -2.51. The minimum absolute atomic E-state index is 0.278. The van der Waals surface area contributed by atoms with E-state index in [1.165, 1.54) is 6.07 Å². The maximum absolute atomic E-state index is 14.5. The molecule has 2 aliphatic rings. The molecule has 1 unspecified atom stereocenters. The summed E-state index contributed by atoms with van der Waals surface area (Å²) in [6, 6.07) is 5.56. The molecule has 2 saturated heterocycles. The van der Waals surface area contributed by atoms with Crippen molar-refractivity contribution in [1.29, 1.82) is 0 Å². The number of nitrogens with one attached hydrogen (secondary N) is 1. The number of hydrogen-bond acceptors (Lipinski definition) is 7. The molecule has 1 aromatic carbocycles. The van der Waals surface area contributed by atoms with Gasteiger partial charge in [-0.25, -0.2) is 19.4 Å². The van der Waals surface area contributed by atoms with E-state index in [4.69, 9.17) is 4.74 Å². The van der Waals surface area contributed by atoms with Crippen LogP contribution in [-0.4, -0.2) is 78.9 Å². The Bertz CT molecular complexity index is 796. The molecule has 2 aromatic rings. The van der Waals surface area contributed by atoms with Crippen molar-refractivity contribution in [2.45, 2.75) is 13.0 Å². The Kier molecular flexibility index (Phi) is 5.70. The van der Waals surface area contributed by atoms with Crippen LogP contribution in [0.25, 0.3) is 11.1 Å². The summed E-state index contributed by atoms with van der Waals surface area (Å²) in [5.74, 6) is 0.383. The Morgan fingerprint density at radius 1 is 1.11 bits per heavy atom. The molecule has 8 heteroatoms. The first kappa shape index (κ1) is 19.0. The maximum Gasteiger partial charge on any atom is 0.225 e. The molecule has 28 heavy (non-hydrogen) atoms. The number of likely N-dealkylation sites (N-methyl/N-ethyl adjacent to an activating group) is 1. The molecular formula is C20H27FN6O. The van der Waals surface area contributed by atoms with Gasteiger partial charge in [0.15, 0.2) is 0 Å². The summed E-state index contributed by atoms with van der Waals surface area (Å²) in [5.41, 5.74) is 5.45. The quantitative estimate of drug-likeness (QED) is 0.863. The lowest BCUT2D eigenvalue weighted by atomic mass is 10.1. The lowest BCUT2D eigenvalue weighted by Gasteiger charge is -2.38. The van der Waals surface area contributed by atoms with Gasteiger partial charge in [-0.2, -0.15) is 0 Å². The third-order valence-corrected chi connectivity index (χ3v) is 5.46. The number of anilines is 2. The molecule has 1 aromatic heterocycles. The first-order valence-corrected chi connectivity index (χ1v) is 9.76. The van der Waals surface area contributed by atoms with E-state index < -0.39 is 0 Å². The highest BCUT2D eigenvalue weighted by Gasteiger charge is 2.21. The third kappa shape index (κ3) is 4.24. The molecule has 2 fully saturated rings. The van der Waals surface area contributed by atoms with Gasteiger partial charge in [-0.05, 0) is 32.2 Å². The topological polar surface area (TPSA) is 56.8 Å². The standard InChI is InChI=1S/C20H27FN6O/c1-15-14-27(6-5-25(15)2)24-17-3-4-19(21)18(11-17)16-12-22-20(23-13-16)26-7-9-28-10-8-26/h3-4,11-13,15,24H,5-10,14H2,1-2H3. The minimum Gasteiger partial charge on any atom is -0.378 e. The van der Waals surface area contributed by atoms with E-state index in [9.17, 15) is 4.39 Å². The fourth-order valence-corrected chi connectivity index (χ4v) is 3.54. The smallest absolute Gasteiger partial charge is 0.225 e. The monoisotopic (exact) mass is 386 g/mol.